The van der Waals surface area contributed by atoms with Gasteiger partial charge in [-0.05, 0) is 137 Å². The lowest BCUT2D eigenvalue weighted by Gasteiger charge is -2.12. The molecule has 16 aromatic carbocycles. The van der Waals surface area contributed by atoms with Gasteiger partial charge in [0.05, 0.1) is 22.1 Å². The van der Waals surface area contributed by atoms with Crippen LogP contribution in [0.15, 0.2) is 370 Å². The number of aromatic nitrogens is 8. The fourth-order valence-corrected chi connectivity index (χ4v) is 17.2. The highest BCUT2D eigenvalue weighted by atomic mass is 16.4. The van der Waals surface area contributed by atoms with Gasteiger partial charge in [-0.25, -0.2) is 29.9 Å². The van der Waals surface area contributed by atoms with E-state index in [4.69, 9.17) is 47.6 Å². The average Bonchev–Trinajstić information content (AvgIpc) is 1.62. The Balaban J connectivity index is 0.554. The normalized spacial score (nSPS) is 12.0. The summed E-state index contributed by atoms with van der Waals surface area (Å²) in [5.41, 5.74) is 23.8. The molecule has 0 bridgehead atoms. The molecular formula is C102H58N8O4. The van der Waals surface area contributed by atoms with Crippen molar-refractivity contribution in [3.05, 3.63) is 352 Å². The number of hydrogen-bond acceptors (Lipinski definition) is 10. The molecule has 0 atom stereocenters. The van der Waals surface area contributed by atoms with Crippen LogP contribution in [0, 0.1) is 0 Å². The van der Waals surface area contributed by atoms with Crippen molar-refractivity contribution >= 4 is 131 Å². The molecule has 0 aliphatic carbocycles. The summed E-state index contributed by atoms with van der Waals surface area (Å²) in [6, 6.07) is 122. The summed E-state index contributed by atoms with van der Waals surface area (Å²) in [6.45, 7) is 0. The maximum Gasteiger partial charge on any atom is 0.178 e. The fourth-order valence-electron chi connectivity index (χ4n) is 17.2. The first kappa shape index (κ1) is 63.3. The van der Waals surface area contributed by atoms with Crippen molar-refractivity contribution in [1.82, 2.24) is 39.0 Å². The molecule has 0 N–H and O–H groups in total. The van der Waals surface area contributed by atoms with Crippen LogP contribution < -0.4 is 0 Å². The number of nitrogens with zero attached hydrogens (tertiary/aromatic N) is 8. The lowest BCUT2D eigenvalue weighted by atomic mass is 9.99. The largest absolute Gasteiger partial charge is 0.456 e. The maximum absolute atomic E-state index is 6.91. The van der Waals surface area contributed by atoms with E-state index in [0.717, 1.165) is 182 Å². The molecule has 530 valence electrons. The molecule has 0 fully saturated rings. The van der Waals surface area contributed by atoms with Crippen molar-refractivity contribution in [2.24, 2.45) is 0 Å². The molecule has 8 aromatic heterocycles. The second-order valence-corrected chi connectivity index (χ2v) is 29.2. The number of fused-ring (bicyclic) bond motifs is 19. The number of hydrogen-bond donors (Lipinski definition) is 0. The minimum atomic E-state index is 0.518. The first-order valence-corrected chi connectivity index (χ1v) is 38.1. The van der Waals surface area contributed by atoms with E-state index >= 15 is 0 Å². The van der Waals surface area contributed by atoms with E-state index < -0.39 is 0 Å². The number of para-hydroxylation sites is 3. The summed E-state index contributed by atoms with van der Waals surface area (Å²) in [6.07, 6.45) is 0. The summed E-state index contributed by atoms with van der Waals surface area (Å²) in [5, 5.41) is 12.6. The molecule has 0 radical (unpaired) electrons. The highest BCUT2D eigenvalue weighted by Crippen LogP contribution is 2.45. The van der Waals surface area contributed by atoms with Gasteiger partial charge in [-0.3, -0.25) is 0 Å². The van der Waals surface area contributed by atoms with Gasteiger partial charge in [-0.2, -0.15) is 0 Å². The summed E-state index contributed by atoms with van der Waals surface area (Å²) in [7, 11) is 0. The van der Waals surface area contributed by atoms with Crippen LogP contribution >= 0.6 is 0 Å². The summed E-state index contributed by atoms with van der Waals surface area (Å²) < 4.78 is 32.0. The number of furan rings is 4. The van der Waals surface area contributed by atoms with E-state index in [1.54, 1.807) is 0 Å². The molecule has 114 heavy (non-hydrogen) atoms. The van der Waals surface area contributed by atoms with Crippen LogP contribution in [0.25, 0.3) is 244 Å². The van der Waals surface area contributed by atoms with E-state index in [9.17, 15) is 0 Å². The highest BCUT2D eigenvalue weighted by molar-refractivity contribution is 6.20. The Bertz CT molecular complexity index is 8060. The molecule has 12 heteroatoms. The highest BCUT2D eigenvalue weighted by Gasteiger charge is 2.25. The Hall–Kier alpha value is -15.7. The molecule has 0 saturated heterocycles. The number of benzene rings is 16. The van der Waals surface area contributed by atoms with Crippen molar-refractivity contribution < 1.29 is 17.7 Å². The van der Waals surface area contributed by atoms with E-state index in [-0.39, 0.29) is 0 Å². The Morgan fingerprint density at radius 2 is 0.509 bits per heavy atom. The third-order valence-electron chi connectivity index (χ3n) is 22.7. The second kappa shape index (κ2) is 24.9. The van der Waals surface area contributed by atoms with Gasteiger partial charge in [-0.15, -0.1) is 0 Å². The van der Waals surface area contributed by atoms with Crippen LogP contribution in [0.5, 0.6) is 0 Å². The predicted octanol–water partition coefficient (Wildman–Crippen LogP) is 26.9. The van der Waals surface area contributed by atoms with Crippen LogP contribution in [-0.2, 0) is 0 Å². The molecular weight excluding hydrogens is 1400 g/mol. The van der Waals surface area contributed by atoms with Crippen LogP contribution in [0.1, 0.15) is 0 Å². The van der Waals surface area contributed by atoms with Crippen molar-refractivity contribution in [1.29, 1.82) is 0 Å². The minimum Gasteiger partial charge on any atom is -0.456 e. The number of rotatable bonds is 11. The molecule has 0 spiro atoms. The maximum atomic E-state index is 6.91. The van der Waals surface area contributed by atoms with Crippen molar-refractivity contribution in [3.63, 3.8) is 0 Å². The van der Waals surface area contributed by atoms with E-state index in [0.29, 0.717) is 51.7 Å². The standard InChI is InChI=1S/C102H58N8O4/c1-4-19-59(20-5-1)64-25-18-26-66(51-64)99-103-97(62-23-8-3-9-24-62)104-100(106-99)67-40-45-77-83-57-84-78-47-43-69(55-91(78)112-94(84)58-93(83)111-89(77)53-67)110-87-34-17-14-30-74(87)82-52-65(41-50-88(82)110)60-35-37-63(38-36-60)98-105-101(108-102(107-98)81-31-11-10-27-71(81)61-21-6-2-7-22-61)68-39-44-75-79-48-49-80-76-46-42-70(56-92(76)114-96(80)95(79)113-90(75)54-68)109-85-32-15-12-28-72(85)73-29-13-16-33-86(73)109/h1-58H. The van der Waals surface area contributed by atoms with Crippen LogP contribution in [-0.4, -0.2) is 39.0 Å². The first-order valence-electron chi connectivity index (χ1n) is 38.1. The van der Waals surface area contributed by atoms with Gasteiger partial charge in [-0.1, -0.05) is 231 Å². The van der Waals surface area contributed by atoms with Gasteiger partial charge in [0.2, 0.25) is 0 Å². The second-order valence-electron chi connectivity index (χ2n) is 29.2. The van der Waals surface area contributed by atoms with Crippen molar-refractivity contribution in [2.45, 2.75) is 0 Å². The topological polar surface area (TPSA) is 140 Å². The summed E-state index contributed by atoms with van der Waals surface area (Å²) in [5.74, 6) is 3.35. The fraction of sp³-hybridized carbons (Fsp3) is 0. The molecule has 12 nitrogen and oxygen atoms in total. The zero-order chi connectivity index (χ0) is 74.6. The van der Waals surface area contributed by atoms with Gasteiger partial charge in [0.25, 0.3) is 0 Å². The third kappa shape index (κ3) is 10.1. The van der Waals surface area contributed by atoms with E-state index in [2.05, 4.69) is 294 Å². The molecule has 0 aliphatic heterocycles. The van der Waals surface area contributed by atoms with Gasteiger partial charge in [0, 0.05) is 128 Å². The summed E-state index contributed by atoms with van der Waals surface area (Å²) >= 11 is 0. The predicted molar refractivity (Wildman–Crippen MR) is 460 cm³/mol. The zero-order valence-electron chi connectivity index (χ0n) is 60.7. The van der Waals surface area contributed by atoms with Gasteiger partial charge < -0.3 is 26.8 Å². The first-order chi connectivity index (χ1) is 56.4. The van der Waals surface area contributed by atoms with E-state index in [1.807, 2.05) is 66.7 Å². The lowest BCUT2D eigenvalue weighted by molar-refractivity contribution is 0.633. The smallest absolute Gasteiger partial charge is 0.178 e. The molecule has 24 rings (SSSR count). The van der Waals surface area contributed by atoms with Gasteiger partial charge >= 0.3 is 0 Å². The Labute approximate surface area is 649 Å². The minimum absolute atomic E-state index is 0.518. The average molecular weight is 1460 g/mol. The van der Waals surface area contributed by atoms with Gasteiger partial charge in [0.1, 0.15) is 33.5 Å². The quantitative estimate of drug-likeness (QED) is 0.123. The monoisotopic (exact) mass is 1460 g/mol. The molecule has 0 saturated carbocycles. The van der Waals surface area contributed by atoms with E-state index in [1.165, 1.54) is 10.8 Å². The summed E-state index contributed by atoms with van der Waals surface area (Å²) in [4.78, 5) is 31.1. The Kier molecular flexibility index (Phi) is 13.8. The Morgan fingerprint density at radius 1 is 0.167 bits per heavy atom. The van der Waals surface area contributed by atoms with Crippen molar-refractivity contribution in [2.75, 3.05) is 0 Å². The van der Waals surface area contributed by atoms with Crippen LogP contribution in [0.3, 0.4) is 0 Å². The zero-order valence-corrected chi connectivity index (χ0v) is 60.7. The molecule has 24 aromatic rings. The molecule has 0 aliphatic rings. The molecule has 0 unspecified atom stereocenters. The van der Waals surface area contributed by atoms with Crippen LogP contribution in [0.2, 0.25) is 0 Å². The van der Waals surface area contributed by atoms with Crippen LogP contribution in [0.4, 0.5) is 0 Å². The molecule has 8 heterocycles. The van der Waals surface area contributed by atoms with Gasteiger partial charge in [0.15, 0.2) is 46.1 Å². The van der Waals surface area contributed by atoms with Crippen molar-refractivity contribution in [3.8, 4) is 113 Å². The third-order valence-corrected chi connectivity index (χ3v) is 22.7. The molecule has 0 amide bonds. The Morgan fingerprint density at radius 3 is 1.08 bits per heavy atom. The lowest BCUT2D eigenvalue weighted by Crippen LogP contribution is -2.01. The SMILES string of the molecule is c1ccc(-c2cccc(-c3nc(-c4ccccc4)nc(-c4ccc5c(c4)oc4cc6oc7cc(-n8c9ccccc9c9cc(-c%10ccc(-c%11nc(-c%12ccc%13c(c%12)oc%12c%13ccc%13c%14ccc(-n%15c%16ccccc%16c%16ccccc%16%15)cc%14oc%13%12)nc(-c%12ccccc%12-c%12ccccc%12)n%11)cc%10)ccc98)ccc7c6cc45)n3)c2)cc1.